The summed E-state index contributed by atoms with van der Waals surface area (Å²) in [6.45, 7) is 0.105. The molecule has 1 aromatic rings. The number of hydrogen-bond donors (Lipinski definition) is 1. The van der Waals surface area contributed by atoms with Crippen LogP contribution in [0.1, 0.15) is 9.67 Å². The van der Waals surface area contributed by atoms with Crippen molar-refractivity contribution in [2.45, 2.75) is 0 Å². The van der Waals surface area contributed by atoms with Crippen LogP contribution < -0.4 is 5.32 Å². The number of aromatic nitrogens is 1. The van der Waals surface area contributed by atoms with E-state index in [1.165, 1.54) is 11.9 Å². The van der Waals surface area contributed by atoms with Gasteiger partial charge in [0, 0.05) is 7.05 Å². The first-order chi connectivity index (χ1) is 7.06. The van der Waals surface area contributed by atoms with E-state index in [4.69, 9.17) is 23.2 Å². The van der Waals surface area contributed by atoms with Crippen molar-refractivity contribution in [1.82, 2.24) is 14.6 Å². The van der Waals surface area contributed by atoms with Crippen molar-refractivity contribution in [3.63, 3.8) is 0 Å². The highest BCUT2D eigenvalue weighted by atomic mass is 35.5. The molecular weight excluding hydrogens is 261 g/mol. The number of carbonyl (C=O) groups is 2. The summed E-state index contributed by atoms with van der Waals surface area (Å²) in [6.07, 6.45) is 0.599. The fraction of sp³-hybridized carbons (Fsp3) is 0.286. The van der Waals surface area contributed by atoms with Gasteiger partial charge in [-0.2, -0.15) is 4.37 Å². The van der Waals surface area contributed by atoms with Gasteiger partial charge in [0.1, 0.15) is 9.90 Å². The quantitative estimate of drug-likeness (QED) is 0.659. The molecule has 0 saturated carbocycles. The smallest absolute Gasteiger partial charge is 0.265 e. The Hall–Kier alpha value is -0.850. The number of nitrogens with one attached hydrogen (secondary N) is 1. The summed E-state index contributed by atoms with van der Waals surface area (Å²) in [5.74, 6) is -0.405. The zero-order valence-electron chi connectivity index (χ0n) is 7.66. The van der Waals surface area contributed by atoms with Crippen molar-refractivity contribution >= 4 is 47.1 Å². The van der Waals surface area contributed by atoms with Gasteiger partial charge in [0.05, 0.1) is 6.67 Å². The second kappa shape index (κ2) is 5.29. The third-order valence-corrected chi connectivity index (χ3v) is 3.27. The number of halogens is 2. The van der Waals surface area contributed by atoms with E-state index < -0.39 is 5.91 Å². The van der Waals surface area contributed by atoms with Crippen LogP contribution in [0.15, 0.2) is 0 Å². The predicted molar refractivity (Wildman–Crippen MR) is 58.3 cm³/mol. The largest absolute Gasteiger partial charge is 0.334 e. The van der Waals surface area contributed by atoms with Gasteiger partial charge >= 0.3 is 0 Å². The topological polar surface area (TPSA) is 62.3 Å². The second-order valence-corrected chi connectivity index (χ2v) is 4.15. The van der Waals surface area contributed by atoms with Crippen LogP contribution in [0.5, 0.6) is 0 Å². The first-order valence-corrected chi connectivity index (χ1v) is 5.33. The average Bonchev–Trinajstić information content (AvgIpc) is 2.56. The summed E-state index contributed by atoms with van der Waals surface area (Å²) < 4.78 is 3.72. The molecule has 82 valence electrons. The van der Waals surface area contributed by atoms with Crippen LogP contribution in [0.4, 0.5) is 0 Å². The summed E-state index contributed by atoms with van der Waals surface area (Å²) >= 11 is 12.2. The Morgan fingerprint density at radius 2 is 2.33 bits per heavy atom. The molecule has 0 aromatic carbocycles. The van der Waals surface area contributed by atoms with Crippen LogP contribution in [0.3, 0.4) is 0 Å². The molecule has 5 nitrogen and oxygen atoms in total. The summed E-state index contributed by atoms with van der Waals surface area (Å²) in [5, 5.41) is 2.73. The molecule has 1 rings (SSSR count). The zero-order valence-corrected chi connectivity index (χ0v) is 9.99. The van der Waals surface area contributed by atoms with Gasteiger partial charge in [-0.25, -0.2) is 0 Å². The maximum atomic E-state index is 11.5. The van der Waals surface area contributed by atoms with E-state index in [1.54, 1.807) is 0 Å². The number of rotatable bonds is 4. The third kappa shape index (κ3) is 3.05. The number of carbonyl (C=O) groups excluding carboxylic acids is 2. The van der Waals surface area contributed by atoms with Crippen molar-refractivity contribution < 1.29 is 9.59 Å². The lowest BCUT2D eigenvalue weighted by atomic mass is 10.4. The molecule has 0 bridgehead atoms. The first-order valence-electron chi connectivity index (χ1n) is 3.80. The molecule has 1 N–H and O–H groups in total. The molecule has 0 saturated heterocycles. The van der Waals surface area contributed by atoms with Crippen LogP contribution in [0.2, 0.25) is 10.2 Å². The molecule has 1 aromatic heterocycles. The standard InChI is InChI=1S/C7H7Cl2N3O2S/c1-12(3-13)2-10-7(14)5-4(8)6(9)11-15-5/h3H,2H2,1H3,(H,10,14). The SMILES string of the molecule is CN(C=O)CNC(=O)c1snc(Cl)c1Cl. The van der Waals surface area contributed by atoms with E-state index in [9.17, 15) is 9.59 Å². The molecule has 1 heterocycles. The van der Waals surface area contributed by atoms with E-state index in [2.05, 4.69) is 9.69 Å². The van der Waals surface area contributed by atoms with Gasteiger partial charge in [-0.05, 0) is 11.5 Å². The maximum absolute atomic E-state index is 11.5. The number of amides is 2. The Labute approximate surface area is 100 Å². The van der Waals surface area contributed by atoms with Gasteiger partial charge in [0.2, 0.25) is 6.41 Å². The summed E-state index contributed by atoms with van der Waals surface area (Å²) in [6, 6.07) is 0. The minimum absolute atomic E-state index is 0.105. The molecule has 2 amide bonds. The van der Waals surface area contributed by atoms with E-state index in [-0.39, 0.29) is 21.7 Å². The van der Waals surface area contributed by atoms with E-state index in [1.807, 2.05) is 0 Å². The average molecular weight is 268 g/mol. The van der Waals surface area contributed by atoms with Crippen LogP contribution in [-0.4, -0.2) is 35.3 Å². The van der Waals surface area contributed by atoms with Crippen LogP contribution in [0, 0.1) is 0 Å². The molecule has 0 aliphatic heterocycles. The molecule has 0 unspecified atom stereocenters. The lowest BCUT2D eigenvalue weighted by Crippen LogP contribution is -2.34. The fourth-order valence-corrected chi connectivity index (χ4v) is 1.85. The fourth-order valence-electron chi connectivity index (χ4n) is 0.715. The molecule has 8 heteroatoms. The van der Waals surface area contributed by atoms with Gasteiger partial charge in [-0.3, -0.25) is 9.59 Å². The van der Waals surface area contributed by atoms with Crippen LogP contribution in [0.25, 0.3) is 0 Å². The van der Waals surface area contributed by atoms with Crippen molar-refractivity contribution in [3.8, 4) is 0 Å². The summed E-state index contributed by atoms with van der Waals surface area (Å²) in [5.41, 5.74) is 0. The van der Waals surface area contributed by atoms with Crippen LogP contribution >= 0.6 is 34.7 Å². The number of nitrogens with zero attached hydrogens (tertiary/aromatic N) is 2. The van der Waals surface area contributed by atoms with Crippen LogP contribution in [-0.2, 0) is 4.79 Å². The Kier molecular flexibility index (Phi) is 4.31. The van der Waals surface area contributed by atoms with Gasteiger partial charge in [-0.1, -0.05) is 23.2 Å². The minimum atomic E-state index is -0.405. The minimum Gasteiger partial charge on any atom is -0.334 e. The van der Waals surface area contributed by atoms with Gasteiger partial charge in [0.25, 0.3) is 5.91 Å². The molecule has 0 fully saturated rings. The lowest BCUT2D eigenvalue weighted by Gasteiger charge is -2.10. The first kappa shape index (κ1) is 12.2. The molecule has 15 heavy (non-hydrogen) atoms. The van der Waals surface area contributed by atoms with Gasteiger partial charge < -0.3 is 10.2 Å². The molecular formula is C7H7Cl2N3O2S. The number of hydrogen-bond acceptors (Lipinski definition) is 4. The Morgan fingerprint density at radius 1 is 1.67 bits per heavy atom. The second-order valence-electron chi connectivity index (χ2n) is 2.64. The molecule has 0 aliphatic rings. The Bertz CT molecular complexity index is 382. The molecule has 0 radical (unpaired) electrons. The van der Waals surface area contributed by atoms with Crippen molar-refractivity contribution in [2.24, 2.45) is 0 Å². The van der Waals surface area contributed by atoms with E-state index in [0.29, 0.717) is 6.41 Å². The normalized spacial score (nSPS) is 9.80. The highest BCUT2D eigenvalue weighted by Crippen LogP contribution is 2.28. The van der Waals surface area contributed by atoms with Crippen molar-refractivity contribution in [3.05, 3.63) is 15.1 Å². The van der Waals surface area contributed by atoms with E-state index in [0.717, 1.165) is 11.5 Å². The van der Waals surface area contributed by atoms with Gasteiger partial charge in [0.15, 0.2) is 5.15 Å². The third-order valence-electron chi connectivity index (χ3n) is 1.47. The molecule has 0 spiro atoms. The maximum Gasteiger partial charge on any atom is 0.265 e. The van der Waals surface area contributed by atoms with Crippen molar-refractivity contribution in [1.29, 1.82) is 0 Å². The summed E-state index contributed by atoms with van der Waals surface area (Å²) in [4.78, 5) is 23.2. The zero-order chi connectivity index (χ0) is 11.4. The highest BCUT2D eigenvalue weighted by molar-refractivity contribution is 7.09. The summed E-state index contributed by atoms with van der Waals surface area (Å²) in [7, 11) is 1.54. The van der Waals surface area contributed by atoms with E-state index >= 15 is 0 Å². The monoisotopic (exact) mass is 267 g/mol. The predicted octanol–water partition coefficient (Wildman–Crippen LogP) is 1.23. The molecule has 0 aliphatic carbocycles. The van der Waals surface area contributed by atoms with Crippen molar-refractivity contribution in [2.75, 3.05) is 13.7 Å². The lowest BCUT2D eigenvalue weighted by molar-refractivity contribution is -0.117. The van der Waals surface area contributed by atoms with Gasteiger partial charge in [-0.15, -0.1) is 0 Å². The Balaban J connectivity index is 2.62. The Morgan fingerprint density at radius 3 is 2.80 bits per heavy atom. The molecule has 0 atom stereocenters. The highest BCUT2D eigenvalue weighted by Gasteiger charge is 2.16.